The molecular formula is C23H25ClN4O5S2. The number of amides is 2. The van der Waals surface area contributed by atoms with Gasteiger partial charge in [0.25, 0.3) is 5.91 Å². The Morgan fingerprint density at radius 3 is 2.71 bits per heavy atom. The zero-order chi connectivity index (χ0) is 25.2. The molecule has 1 aliphatic rings. The third-order valence-corrected chi connectivity index (χ3v) is 9.09. The number of carbonyl (C=O) groups excluding carboxylic acids is 2. The summed E-state index contributed by atoms with van der Waals surface area (Å²) in [6.07, 6.45) is 2.03. The number of fused-ring (bicyclic) bond motifs is 1. The van der Waals surface area contributed by atoms with Gasteiger partial charge in [-0.3, -0.25) is 14.5 Å². The van der Waals surface area contributed by atoms with E-state index in [4.69, 9.17) is 22.2 Å². The zero-order valence-electron chi connectivity index (χ0n) is 19.0. The highest BCUT2D eigenvalue weighted by atomic mass is 35.5. The van der Waals surface area contributed by atoms with E-state index < -0.39 is 21.7 Å². The number of carbonyl (C=O) groups is 2. The lowest BCUT2D eigenvalue weighted by Crippen LogP contribution is -2.36. The van der Waals surface area contributed by atoms with E-state index in [0.717, 1.165) is 35.1 Å². The van der Waals surface area contributed by atoms with Gasteiger partial charge in [-0.1, -0.05) is 23.5 Å². The second-order valence-electron chi connectivity index (χ2n) is 8.23. The highest BCUT2D eigenvalue weighted by Crippen LogP contribution is 2.33. The van der Waals surface area contributed by atoms with Gasteiger partial charge in [-0.25, -0.2) is 13.4 Å². The van der Waals surface area contributed by atoms with E-state index in [1.807, 2.05) is 0 Å². The van der Waals surface area contributed by atoms with Crippen molar-refractivity contribution in [3.05, 3.63) is 53.6 Å². The molecule has 35 heavy (non-hydrogen) atoms. The first-order chi connectivity index (χ1) is 16.7. The highest BCUT2D eigenvalue weighted by Gasteiger charge is 2.27. The topological polar surface area (TPSA) is 123 Å². The summed E-state index contributed by atoms with van der Waals surface area (Å²) < 4.78 is 32.7. The molecule has 2 N–H and O–H groups in total. The first-order valence-electron chi connectivity index (χ1n) is 11.0. The molecule has 0 radical (unpaired) electrons. The van der Waals surface area contributed by atoms with Crippen molar-refractivity contribution in [1.29, 1.82) is 0 Å². The van der Waals surface area contributed by atoms with Crippen LogP contribution in [0.25, 0.3) is 10.2 Å². The Morgan fingerprint density at radius 1 is 1.26 bits per heavy atom. The average Bonchev–Trinajstić information content (AvgIpc) is 3.48. The summed E-state index contributed by atoms with van der Waals surface area (Å²) in [6.45, 7) is 1.89. The van der Waals surface area contributed by atoms with E-state index in [2.05, 4.69) is 9.88 Å². The minimum absolute atomic E-state index is 0.00556. The summed E-state index contributed by atoms with van der Waals surface area (Å²) in [7, 11) is -1.88. The summed E-state index contributed by atoms with van der Waals surface area (Å²) in [5, 5.41) is 0.153. The molecule has 2 aromatic carbocycles. The van der Waals surface area contributed by atoms with Gasteiger partial charge in [-0.15, -0.1) is 0 Å². The van der Waals surface area contributed by atoms with Crippen molar-refractivity contribution in [1.82, 2.24) is 9.88 Å². The minimum Gasteiger partial charge on any atom is -0.383 e. The van der Waals surface area contributed by atoms with Crippen molar-refractivity contribution in [2.24, 2.45) is 5.73 Å². The minimum atomic E-state index is -3.53. The highest BCUT2D eigenvalue weighted by molar-refractivity contribution is 7.91. The molecule has 1 aromatic heterocycles. The number of rotatable bonds is 9. The van der Waals surface area contributed by atoms with Crippen LogP contribution in [0.4, 0.5) is 5.13 Å². The third-order valence-electron chi connectivity index (χ3n) is 5.98. The number of hydrogen-bond donors (Lipinski definition) is 1. The SMILES string of the molecule is COCC1CCCN1CCS(=O)(=O)c1ccc2nc(N(Cl)C(=O)c3ccccc3C(N)=O)sc2c1. The molecule has 1 saturated heterocycles. The lowest BCUT2D eigenvalue weighted by molar-refractivity contribution is 0.0970. The van der Waals surface area contributed by atoms with Crippen LogP contribution in [0.3, 0.4) is 0 Å². The number of thiazole rings is 1. The number of aromatic nitrogens is 1. The number of methoxy groups -OCH3 is 1. The summed E-state index contributed by atoms with van der Waals surface area (Å²) in [5.74, 6) is -1.42. The average molecular weight is 537 g/mol. The molecule has 3 aromatic rings. The van der Waals surface area contributed by atoms with Gasteiger partial charge in [-0.2, -0.15) is 4.42 Å². The molecule has 12 heteroatoms. The fourth-order valence-corrected chi connectivity index (χ4v) is 6.67. The number of hydrogen-bond acceptors (Lipinski definition) is 8. The Hall–Kier alpha value is -2.57. The molecule has 0 saturated carbocycles. The van der Waals surface area contributed by atoms with E-state index in [1.54, 1.807) is 31.4 Å². The van der Waals surface area contributed by atoms with Crippen LogP contribution < -0.4 is 10.2 Å². The van der Waals surface area contributed by atoms with Crippen molar-refractivity contribution in [2.45, 2.75) is 23.8 Å². The summed E-state index contributed by atoms with van der Waals surface area (Å²) in [4.78, 5) is 31.3. The third kappa shape index (κ3) is 5.49. The van der Waals surface area contributed by atoms with Crippen LogP contribution in [0.1, 0.15) is 33.6 Å². The summed E-state index contributed by atoms with van der Waals surface area (Å²) in [6, 6.07) is 11.0. The standard InChI is InChI=1S/C23H25ClN4O5S2/c1-33-14-15-5-4-10-27(15)11-12-35(31,32)16-8-9-19-20(13-16)34-23(26-19)28(24)22(30)18-7-3-2-6-17(18)21(25)29/h2-3,6-9,13,15H,4-5,10-12,14H2,1H3,(H2,25,29). The number of nitrogens with zero attached hydrogens (tertiary/aromatic N) is 3. The number of halogens is 1. The summed E-state index contributed by atoms with van der Waals surface area (Å²) in [5.41, 5.74) is 5.96. The largest absolute Gasteiger partial charge is 0.383 e. The maximum absolute atomic E-state index is 13.0. The number of ether oxygens (including phenoxy) is 1. The smallest absolute Gasteiger partial charge is 0.275 e. The second kappa shape index (κ2) is 10.6. The van der Waals surface area contributed by atoms with Crippen molar-refractivity contribution in [3.63, 3.8) is 0 Å². The lowest BCUT2D eigenvalue weighted by atomic mass is 10.1. The van der Waals surface area contributed by atoms with Gasteiger partial charge in [0.2, 0.25) is 11.0 Å². The zero-order valence-corrected chi connectivity index (χ0v) is 21.4. The predicted molar refractivity (Wildman–Crippen MR) is 136 cm³/mol. The van der Waals surface area contributed by atoms with Crippen LogP contribution in [0.15, 0.2) is 47.4 Å². The molecule has 4 rings (SSSR count). The van der Waals surface area contributed by atoms with Gasteiger partial charge >= 0.3 is 0 Å². The molecular weight excluding hydrogens is 512 g/mol. The van der Waals surface area contributed by atoms with E-state index in [0.29, 0.717) is 23.4 Å². The summed E-state index contributed by atoms with van der Waals surface area (Å²) >= 11 is 7.35. The van der Waals surface area contributed by atoms with Gasteiger partial charge in [0, 0.05) is 31.5 Å². The number of benzene rings is 2. The molecule has 186 valence electrons. The Labute approximate surface area is 212 Å². The van der Waals surface area contributed by atoms with Crippen molar-refractivity contribution < 1.29 is 22.7 Å². The van der Waals surface area contributed by atoms with Crippen LogP contribution in [-0.4, -0.2) is 68.7 Å². The molecule has 2 amide bonds. The van der Waals surface area contributed by atoms with Crippen LogP contribution >= 0.6 is 23.1 Å². The predicted octanol–water partition coefficient (Wildman–Crippen LogP) is 3.08. The second-order valence-corrected chi connectivity index (χ2v) is 11.7. The van der Waals surface area contributed by atoms with Crippen LogP contribution in [0.2, 0.25) is 0 Å². The fourth-order valence-electron chi connectivity index (χ4n) is 4.17. The van der Waals surface area contributed by atoms with Gasteiger partial charge < -0.3 is 10.5 Å². The van der Waals surface area contributed by atoms with E-state index in [-0.39, 0.29) is 32.9 Å². The molecule has 1 atom stereocenters. The van der Waals surface area contributed by atoms with Gasteiger partial charge in [-0.05, 0) is 49.7 Å². The lowest BCUT2D eigenvalue weighted by Gasteiger charge is -2.23. The molecule has 1 fully saturated rings. The molecule has 0 bridgehead atoms. The Kier molecular flexibility index (Phi) is 7.72. The van der Waals surface area contributed by atoms with Crippen LogP contribution in [0.5, 0.6) is 0 Å². The van der Waals surface area contributed by atoms with Gasteiger partial charge in [0.1, 0.15) is 0 Å². The Morgan fingerprint density at radius 2 is 2.00 bits per heavy atom. The van der Waals surface area contributed by atoms with Gasteiger partial charge in [0.05, 0.1) is 38.6 Å². The molecule has 2 heterocycles. The Bertz CT molecular complexity index is 1360. The van der Waals surface area contributed by atoms with Crippen molar-refractivity contribution >= 4 is 60.1 Å². The number of anilines is 1. The first-order valence-corrected chi connectivity index (χ1v) is 13.8. The first kappa shape index (κ1) is 25.5. The molecule has 9 nitrogen and oxygen atoms in total. The van der Waals surface area contributed by atoms with E-state index >= 15 is 0 Å². The molecule has 1 aliphatic heterocycles. The normalized spacial score (nSPS) is 16.6. The number of primary amides is 1. The van der Waals surface area contributed by atoms with Crippen molar-refractivity contribution in [3.8, 4) is 0 Å². The fraction of sp³-hybridized carbons (Fsp3) is 0.348. The maximum Gasteiger partial charge on any atom is 0.275 e. The van der Waals surface area contributed by atoms with E-state index in [9.17, 15) is 18.0 Å². The maximum atomic E-state index is 13.0. The molecule has 0 aliphatic carbocycles. The Balaban J connectivity index is 1.53. The van der Waals surface area contributed by atoms with E-state index in [1.165, 1.54) is 18.2 Å². The monoisotopic (exact) mass is 536 g/mol. The quantitative estimate of drug-likeness (QED) is 0.417. The van der Waals surface area contributed by atoms with Crippen LogP contribution in [-0.2, 0) is 14.6 Å². The van der Waals surface area contributed by atoms with Crippen LogP contribution in [0, 0.1) is 0 Å². The number of likely N-dealkylation sites (tertiary alicyclic amines) is 1. The van der Waals surface area contributed by atoms with Gasteiger partial charge in [0.15, 0.2) is 9.84 Å². The van der Waals surface area contributed by atoms with Crippen molar-refractivity contribution in [2.75, 3.05) is 37.0 Å². The molecule has 0 spiro atoms. The number of nitrogens with two attached hydrogens (primary N) is 1. The number of sulfone groups is 1. The molecule has 1 unspecified atom stereocenters.